The fourth-order valence-electron chi connectivity index (χ4n) is 2.86. The van der Waals surface area contributed by atoms with Gasteiger partial charge in [-0.25, -0.2) is 4.98 Å². The Kier molecular flexibility index (Phi) is 6.98. The van der Waals surface area contributed by atoms with Crippen LogP contribution < -0.4 is 5.43 Å². The maximum absolute atomic E-state index is 10.9. The molecule has 0 saturated heterocycles. The third-order valence-corrected chi connectivity index (χ3v) is 5.74. The van der Waals surface area contributed by atoms with Crippen molar-refractivity contribution in [3.63, 3.8) is 0 Å². The van der Waals surface area contributed by atoms with E-state index in [2.05, 4.69) is 15.5 Å². The molecule has 1 heterocycles. The standard InChI is InChI=1S/C22H25Cl3N4O/c1-11(28-29-20-17(24)16(23)13(10-26)19(25)27-20)12-8-14(21(2,3)4)18(30)15(9-12)22(5,6)7/h8-9,30H,1-7H3,(H,27,29)/b28-11-. The summed E-state index contributed by atoms with van der Waals surface area (Å²) in [5.41, 5.74) is 5.44. The topological polar surface area (TPSA) is 81.3 Å². The maximum atomic E-state index is 10.9. The summed E-state index contributed by atoms with van der Waals surface area (Å²) in [6.07, 6.45) is 0. The molecule has 0 bridgehead atoms. The molecule has 0 amide bonds. The van der Waals surface area contributed by atoms with Crippen LogP contribution in [0.4, 0.5) is 5.82 Å². The molecule has 0 aliphatic rings. The third kappa shape index (κ3) is 5.00. The predicted molar refractivity (Wildman–Crippen MR) is 125 cm³/mol. The lowest BCUT2D eigenvalue weighted by atomic mass is 9.78. The van der Waals surface area contributed by atoms with Gasteiger partial charge in [0.1, 0.15) is 22.4 Å². The zero-order valence-corrected chi connectivity index (χ0v) is 20.3. The molecule has 0 unspecified atom stereocenters. The Morgan fingerprint density at radius 3 is 1.97 bits per heavy atom. The van der Waals surface area contributed by atoms with E-state index >= 15 is 0 Å². The Bertz CT molecular complexity index is 1020. The SMILES string of the molecule is C/C(=N/Nc1nc(Cl)c(C#N)c(Cl)c1Cl)c1cc(C(C)(C)C)c(O)c(C(C)(C)C)c1. The normalized spacial score (nSPS) is 12.6. The first-order chi connectivity index (χ1) is 13.7. The van der Waals surface area contributed by atoms with Gasteiger partial charge in [-0.05, 0) is 35.4 Å². The summed E-state index contributed by atoms with van der Waals surface area (Å²) < 4.78 is 0. The van der Waals surface area contributed by atoms with E-state index in [1.165, 1.54) is 0 Å². The summed E-state index contributed by atoms with van der Waals surface area (Å²) in [6, 6.07) is 5.73. The molecule has 0 radical (unpaired) electrons. The van der Waals surface area contributed by atoms with Crippen molar-refractivity contribution in [2.75, 3.05) is 5.43 Å². The molecule has 0 saturated carbocycles. The first kappa shape index (κ1) is 24.3. The summed E-state index contributed by atoms with van der Waals surface area (Å²) >= 11 is 18.3. The Hall–Kier alpha value is -2.00. The number of phenolic OH excluding ortho intramolecular Hbond substituents is 1. The second-order valence-electron chi connectivity index (χ2n) is 9.09. The molecule has 0 spiro atoms. The van der Waals surface area contributed by atoms with Crippen molar-refractivity contribution >= 4 is 46.3 Å². The molecule has 0 fully saturated rings. The maximum Gasteiger partial charge on any atom is 0.168 e. The predicted octanol–water partition coefficient (Wildman–Crippen LogP) is 7.05. The van der Waals surface area contributed by atoms with Crippen LogP contribution in [0.25, 0.3) is 0 Å². The van der Waals surface area contributed by atoms with Crippen molar-refractivity contribution < 1.29 is 5.11 Å². The fourth-order valence-corrected chi connectivity index (χ4v) is 3.53. The highest BCUT2D eigenvalue weighted by Crippen LogP contribution is 2.40. The summed E-state index contributed by atoms with van der Waals surface area (Å²) in [5.74, 6) is 0.450. The van der Waals surface area contributed by atoms with Gasteiger partial charge < -0.3 is 5.11 Å². The molecule has 1 aromatic carbocycles. The number of hydrazone groups is 1. The molecule has 8 heteroatoms. The lowest BCUT2D eigenvalue weighted by molar-refractivity contribution is 0.423. The van der Waals surface area contributed by atoms with Crippen molar-refractivity contribution in [2.24, 2.45) is 5.10 Å². The van der Waals surface area contributed by atoms with Crippen LogP contribution in [0.3, 0.4) is 0 Å². The van der Waals surface area contributed by atoms with Gasteiger partial charge in [0.15, 0.2) is 11.0 Å². The second-order valence-corrected chi connectivity index (χ2v) is 10.2. The van der Waals surface area contributed by atoms with E-state index in [9.17, 15) is 5.11 Å². The van der Waals surface area contributed by atoms with Crippen molar-refractivity contribution in [1.82, 2.24) is 4.98 Å². The van der Waals surface area contributed by atoms with E-state index in [4.69, 9.17) is 40.1 Å². The average Bonchev–Trinajstić information content (AvgIpc) is 2.62. The molecule has 160 valence electrons. The molecule has 5 nitrogen and oxygen atoms in total. The minimum absolute atomic E-state index is 0.0118. The molecular weight excluding hydrogens is 443 g/mol. The fraction of sp³-hybridized carbons (Fsp3) is 0.409. The van der Waals surface area contributed by atoms with Crippen LogP contribution >= 0.6 is 34.8 Å². The molecule has 1 aromatic heterocycles. The number of halogens is 3. The Balaban J connectivity index is 2.55. The number of nitriles is 1. The first-order valence-electron chi connectivity index (χ1n) is 9.31. The largest absolute Gasteiger partial charge is 0.507 e. The average molecular weight is 468 g/mol. The summed E-state index contributed by atoms with van der Waals surface area (Å²) in [4.78, 5) is 4.07. The van der Waals surface area contributed by atoms with E-state index in [1.54, 1.807) is 0 Å². The monoisotopic (exact) mass is 466 g/mol. The van der Waals surface area contributed by atoms with E-state index < -0.39 is 0 Å². The van der Waals surface area contributed by atoms with Crippen LogP contribution in [-0.4, -0.2) is 15.8 Å². The van der Waals surface area contributed by atoms with E-state index in [1.807, 2.05) is 66.7 Å². The number of pyridine rings is 1. The minimum Gasteiger partial charge on any atom is -0.507 e. The molecule has 30 heavy (non-hydrogen) atoms. The molecular formula is C22H25Cl3N4O. The van der Waals surface area contributed by atoms with Crippen LogP contribution in [0.2, 0.25) is 15.2 Å². The summed E-state index contributed by atoms with van der Waals surface area (Å²) in [5, 5.41) is 24.4. The van der Waals surface area contributed by atoms with E-state index in [0.717, 1.165) is 16.7 Å². The number of nitrogens with zero attached hydrogens (tertiary/aromatic N) is 3. The van der Waals surface area contributed by atoms with E-state index in [0.29, 0.717) is 11.5 Å². The lowest BCUT2D eigenvalue weighted by Crippen LogP contribution is -2.18. The Morgan fingerprint density at radius 2 is 1.53 bits per heavy atom. The van der Waals surface area contributed by atoms with Crippen LogP contribution in [0.5, 0.6) is 5.75 Å². The summed E-state index contributed by atoms with van der Waals surface area (Å²) in [6.45, 7) is 14.1. The number of benzene rings is 1. The third-order valence-electron chi connectivity index (χ3n) is 4.62. The van der Waals surface area contributed by atoms with E-state index in [-0.39, 0.29) is 37.4 Å². The summed E-state index contributed by atoms with van der Waals surface area (Å²) in [7, 11) is 0. The minimum atomic E-state index is -0.257. The molecule has 2 rings (SSSR count). The van der Waals surface area contributed by atoms with Crippen molar-refractivity contribution in [3.8, 4) is 11.8 Å². The van der Waals surface area contributed by atoms with Gasteiger partial charge in [-0.1, -0.05) is 76.3 Å². The van der Waals surface area contributed by atoms with Gasteiger partial charge in [0.05, 0.1) is 10.7 Å². The molecule has 0 aliphatic heterocycles. The Morgan fingerprint density at radius 1 is 1.03 bits per heavy atom. The van der Waals surface area contributed by atoms with Crippen LogP contribution in [0.15, 0.2) is 17.2 Å². The second kappa shape index (κ2) is 8.63. The number of hydrogen-bond donors (Lipinski definition) is 2. The number of aromatic nitrogens is 1. The number of anilines is 1. The molecule has 2 aromatic rings. The van der Waals surface area contributed by atoms with Crippen LogP contribution in [0.1, 0.15) is 70.7 Å². The molecule has 2 N–H and O–H groups in total. The quantitative estimate of drug-likeness (QED) is 0.288. The Labute approximate surface area is 192 Å². The van der Waals surface area contributed by atoms with Gasteiger partial charge in [-0.3, -0.25) is 5.43 Å². The number of rotatable bonds is 3. The number of nitrogens with one attached hydrogen (secondary N) is 1. The first-order valence-corrected chi connectivity index (χ1v) is 10.4. The highest BCUT2D eigenvalue weighted by molar-refractivity contribution is 6.45. The van der Waals surface area contributed by atoms with Gasteiger partial charge in [0.25, 0.3) is 0 Å². The highest BCUT2D eigenvalue weighted by Gasteiger charge is 2.27. The van der Waals surface area contributed by atoms with Crippen LogP contribution in [-0.2, 0) is 10.8 Å². The van der Waals surface area contributed by atoms with Crippen molar-refractivity contribution in [1.29, 1.82) is 5.26 Å². The van der Waals surface area contributed by atoms with Gasteiger partial charge in [0.2, 0.25) is 0 Å². The lowest BCUT2D eigenvalue weighted by Gasteiger charge is -2.28. The zero-order chi connectivity index (χ0) is 23.0. The van der Waals surface area contributed by atoms with Gasteiger partial charge in [0, 0.05) is 11.1 Å². The van der Waals surface area contributed by atoms with Crippen molar-refractivity contribution in [2.45, 2.75) is 59.3 Å². The van der Waals surface area contributed by atoms with Crippen LogP contribution in [0, 0.1) is 11.3 Å². The van der Waals surface area contributed by atoms with Gasteiger partial charge in [-0.15, -0.1) is 0 Å². The van der Waals surface area contributed by atoms with Crippen molar-refractivity contribution in [3.05, 3.63) is 49.6 Å². The number of phenols is 1. The smallest absolute Gasteiger partial charge is 0.168 e. The zero-order valence-electron chi connectivity index (χ0n) is 18.1. The molecule has 0 aliphatic carbocycles. The number of hydrogen-bond acceptors (Lipinski definition) is 5. The van der Waals surface area contributed by atoms with Gasteiger partial charge >= 0.3 is 0 Å². The molecule has 0 atom stereocenters. The number of aromatic hydroxyl groups is 1. The highest BCUT2D eigenvalue weighted by atomic mass is 35.5. The van der Waals surface area contributed by atoms with Gasteiger partial charge in [-0.2, -0.15) is 10.4 Å².